The number of benzene rings is 2. The lowest BCUT2D eigenvalue weighted by Crippen LogP contribution is -2.08. The second-order valence-corrected chi connectivity index (χ2v) is 6.24. The van der Waals surface area contributed by atoms with Gasteiger partial charge < -0.3 is 15.4 Å². The number of aromatic nitrogens is 2. The zero-order valence-electron chi connectivity index (χ0n) is 13.9. The summed E-state index contributed by atoms with van der Waals surface area (Å²) in [5.74, 6) is 2.42. The minimum absolute atomic E-state index is 0.738. The van der Waals surface area contributed by atoms with Gasteiger partial charge in [0.25, 0.3) is 0 Å². The highest BCUT2D eigenvalue weighted by Gasteiger charge is 2.04. The quantitative estimate of drug-likeness (QED) is 0.606. The SMILES string of the molecule is COc1ccccc1CCNc1cc(Nc2ccccc2Br)ncn1. The van der Waals surface area contributed by atoms with Gasteiger partial charge in [-0.15, -0.1) is 0 Å². The topological polar surface area (TPSA) is 59.1 Å². The number of halogens is 1. The van der Waals surface area contributed by atoms with Crippen LogP contribution in [0.25, 0.3) is 0 Å². The van der Waals surface area contributed by atoms with Crippen molar-refractivity contribution in [1.82, 2.24) is 9.97 Å². The molecular weight excluding hydrogens is 380 g/mol. The molecule has 0 aliphatic rings. The normalized spacial score (nSPS) is 10.3. The number of ether oxygens (including phenoxy) is 1. The lowest BCUT2D eigenvalue weighted by molar-refractivity contribution is 0.410. The van der Waals surface area contributed by atoms with Gasteiger partial charge in [-0.25, -0.2) is 9.97 Å². The van der Waals surface area contributed by atoms with Gasteiger partial charge in [0, 0.05) is 17.1 Å². The van der Waals surface area contributed by atoms with Crippen LogP contribution < -0.4 is 15.4 Å². The molecule has 0 radical (unpaired) electrons. The summed E-state index contributed by atoms with van der Waals surface area (Å²) in [6, 6.07) is 17.8. The first-order chi connectivity index (χ1) is 12.3. The third kappa shape index (κ3) is 4.70. The molecule has 5 nitrogen and oxygen atoms in total. The van der Waals surface area contributed by atoms with E-state index < -0.39 is 0 Å². The Morgan fingerprint density at radius 1 is 1.00 bits per heavy atom. The van der Waals surface area contributed by atoms with Crippen LogP contribution in [0.15, 0.2) is 65.4 Å². The van der Waals surface area contributed by atoms with E-state index in [0.29, 0.717) is 0 Å². The van der Waals surface area contributed by atoms with E-state index in [-0.39, 0.29) is 0 Å². The maximum atomic E-state index is 5.38. The number of anilines is 3. The van der Waals surface area contributed by atoms with Crippen molar-refractivity contribution < 1.29 is 4.74 Å². The molecule has 3 rings (SSSR count). The average molecular weight is 399 g/mol. The molecule has 6 heteroatoms. The van der Waals surface area contributed by atoms with Crippen molar-refractivity contribution in [3.05, 3.63) is 71.0 Å². The van der Waals surface area contributed by atoms with Crippen LogP contribution >= 0.6 is 15.9 Å². The highest BCUT2D eigenvalue weighted by atomic mass is 79.9. The fourth-order valence-corrected chi connectivity index (χ4v) is 2.84. The number of nitrogens with one attached hydrogen (secondary N) is 2. The molecule has 2 N–H and O–H groups in total. The molecule has 0 bridgehead atoms. The Balaban J connectivity index is 1.61. The van der Waals surface area contributed by atoms with Crippen LogP contribution in [0.2, 0.25) is 0 Å². The molecule has 0 atom stereocenters. The zero-order chi connectivity index (χ0) is 17.5. The van der Waals surface area contributed by atoms with Crippen molar-refractivity contribution in [2.45, 2.75) is 6.42 Å². The molecule has 0 fully saturated rings. The number of methoxy groups -OCH3 is 1. The summed E-state index contributed by atoms with van der Waals surface area (Å²) in [6.07, 6.45) is 2.39. The maximum absolute atomic E-state index is 5.38. The molecule has 2 aromatic carbocycles. The molecule has 0 spiro atoms. The van der Waals surface area contributed by atoms with Crippen molar-refractivity contribution in [2.75, 3.05) is 24.3 Å². The number of hydrogen-bond donors (Lipinski definition) is 2. The summed E-state index contributed by atoms with van der Waals surface area (Å²) >= 11 is 3.52. The minimum Gasteiger partial charge on any atom is -0.496 e. The van der Waals surface area contributed by atoms with E-state index in [1.54, 1.807) is 13.4 Å². The van der Waals surface area contributed by atoms with Gasteiger partial charge in [0.05, 0.1) is 12.8 Å². The molecule has 1 aromatic heterocycles. The van der Waals surface area contributed by atoms with Crippen LogP contribution in [0.5, 0.6) is 5.75 Å². The van der Waals surface area contributed by atoms with E-state index in [2.05, 4.69) is 42.6 Å². The molecule has 0 saturated carbocycles. The van der Waals surface area contributed by atoms with Crippen molar-refractivity contribution in [2.24, 2.45) is 0 Å². The van der Waals surface area contributed by atoms with Crippen molar-refractivity contribution >= 4 is 33.3 Å². The van der Waals surface area contributed by atoms with Crippen LogP contribution in [0.1, 0.15) is 5.56 Å². The maximum Gasteiger partial charge on any atom is 0.135 e. The van der Waals surface area contributed by atoms with Gasteiger partial charge in [-0.3, -0.25) is 0 Å². The summed E-state index contributed by atoms with van der Waals surface area (Å²) in [5.41, 5.74) is 2.12. The second-order valence-electron chi connectivity index (χ2n) is 5.38. The molecule has 128 valence electrons. The van der Waals surface area contributed by atoms with Crippen LogP contribution in [0.3, 0.4) is 0 Å². The van der Waals surface area contributed by atoms with E-state index >= 15 is 0 Å². The van der Waals surface area contributed by atoms with Gasteiger partial charge in [-0.1, -0.05) is 30.3 Å². The van der Waals surface area contributed by atoms with Gasteiger partial charge in [0.1, 0.15) is 23.7 Å². The van der Waals surface area contributed by atoms with Gasteiger partial charge in [0.15, 0.2) is 0 Å². The molecule has 0 aliphatic carbocycles. The first-order valence-corrected chi connectivity index (χ1v) is 8.75. The smallest absolute Gasteiger partial charge is 0.135 e. The van der Waals surface area contributed by atoms with E-state index in [1.807, 2.05) is 48.5 Å². The fourth-order valence-electron chi connectivity index (χ4n) is 2.46. The van der Waals surface area contributed by atoms with Gasteiger partial charge in [0.2, 0.25) is 0 Å². The number of hydrogen-bond acceptors (Lipinski definition) is 5. The Morgan fingerprint density at radius 3 is 2.60 bits per heavy atom. The zero-order valence-corrected chi connectivity index (χ0v) is 15.5. The lowest BCUT2D eigenvalue weighted by atomic mass is 10.1. The summed E-state index contributed by atoms with van der Waals surface area (Å²) in [4.78, 5) is 8.54. The fraction of sp³-hybridized carbons (Fsp3) is 0.158. The largest absolute Gasteiger partial charge is 0.496 e. The Bertz CT molecular complexity index is 841. The van der Waals surface area contributed by atoms with E-state index in [9.17, 15) is 0 Å². The first kappa shape index (κ1) is 17.2. The lowest BCUT2D eigenvalue weighted by Gasteiger charge is -2.11. The van der Waals surface area contributed by atoms with Gasteiger partial charge in [-0.2, -0.15) is 0 Å². The van der Waals surface area contributed by atoms with Crippen molar-refractivity contribution in [1.29, 1.82) is 0 Å². The van der Waals surface area contributed by atoms with Gasteiger partial charge in [-0.05, 0) is 46.1 Å². The number of para-hydroxylation sites is 2. The monoisotopic (exact) mass is 398 g/mol. The highest BCUT2D eigenvalue weighted by Crippen LogP contribution is 2.25. The predicted octanol–water partition coefficient (Wildman–Crippen LogP) is 4.65. The second kappa shape index (κ2) is 8.48. The molecule has 3 aromatic rings. The first-order valence-electron chi connectivity index (χ1n) is 7.95. The van der Waals surface area contributed by atoms with Crippen LogP contribution in [0, 0.1) is 0 Å². The van der Waals surface area contributed by atoms with Crippen molar-refractivity contribution in [3.8, 4) is 5.75 Å². The Hall–Kier alpha value is -2.60. The molecular formula is C19H19BrN4O. The Morgan fingerprint density at radius 2 is 1.76 bits per heavy atom. The number of rotatable bonds is 7. The molecule has 0 unspecified atom stereocenters. The molecule has 1 heterocycles. The number of nitrogens with zero attached hydrogens (tertiary/aromatic N) is 2. The average Bonchev–Trinajstić information content (AvgIpc) is 2.64. The third-order valence-corrected chi connectivity index (χ3v) is 4.39. The molecule has 25 heavy (non-hydrogen) atoms. The Labute approximate surface area is 155 Å². The van der Waals surface area contributed by atoms with E-state index in [0.717, 1.165) is 46.1 Å². The Kier molecular flexibility index (Phi) is 5.85. The summed E-state index contributed by atoms with van der Waals surface area (Å²) in [5, 5.41) is 6.61. The minimum atomic E-state index is 0.738. The van der Waals surface area contributed by atoms with Crippen LogP contribution in [0.4, 0.5) is 17.3 Å². The highest BCUT2D eigenvalue weighted by molar-refractivity contribution is 9.10. The summed E-state index contributed by atoms with van der Waals surface area (Å²) < 4.78 is 6.36. The van der Waals surface area contributed by atoms with Crippen LogP contribution in [-0.4, -0.2) is 23.6 Å². The molecule has 0 saturated heterocycles. The third-order valence-electron chi connectivity index (χ3n) is 3.70. The van der Waals surface area contributed by atoms with E-state index in [1.165, 1.54) is 0 Å². The summed E-state index contributed by atoms with van der Waals surface area (Å²) in [7, 11) is 1.69. The van der Waals surface area contributed by atoms with Crippen LogP contribution in [-0.2, 0) is 6.42 Å². The predicted molar refractivity (Wildman–Crippen MR) is 105 cm³/mol. The molecule has 0 aliphatic heterocycles. The molecule has 0 amide bonds. The van der Waals surface area contributed by atoms with Gasteiger partial charge >= 0.3 is 0 Å². The summed E-state index contributed by atoms with van der Waals surface area (Å²) in [6.45, 7) is 0.756. The van der Waals surface area contributed by atoms with E-state index in [4.69, 9.17) is 4.74 Å². The standard InChI is InChI=1S/C19H19BrN4O/c1-25-17-9-5-2-6-14(17)10-11-21-18-12-19(23-13-22-18)24-16-8-4-3-7-15(16)20/h2-9,12-13H,10-11H2,1H3,(H2,21,22,23,24). The van der Waals surface area contributed by atoms with Crippen molar-refractivity contribution in [3.63, 3.8) is 0 Å².